The summed E-state index contributed by atoms with van der Waals surface area (Å²) in [5.41, 5.74) is 12.2. The van der Waals surface area contributed by atoms with E-state index >= 15 is 0 Å². The van der Waals surface area contributed by atoms with E-state index in [2.05, 4.69) is 77.9 Å². The Bertz CT molecular complexity index is 2490. The summed E-state index contributed by atoms with van der Waals surface area (Å²) >= 11 is 0. The molecule has 0 radical (unpaired) electrons. The van der Waals surface area contributed by atoms with Crippen molar-refractivity contribution in [1.29, 1.82) is 0 Å². The quantitative estimate of drug-likeness (QED) is 0.0146. The molecule has 478 valence electrons. The van der Waals surface area contributed by atoms with Crippen molar-refractivity contribution >= 4 is 34.7 Å². The molecule has 0 saturated heterocycles. The second-order valence-corrected chi connectivity index (χ2v) is 23.3. The summed E-state index contributed by atoms with van der Waals surface area (Å²) in [6.07, 6.45) is 44.8. The van der Waals surface area contributed by atoms with Crippen LogP contribution < -0.4 is 10.2 Å². The van der Waals surface area contributed by atoms with Crippen molar-refractivity contribution < 1.29 is 56.7 Å². The van der Waals surface area contributed by atoms with Crippen LogP contribution in [0.3, 0.4) is 0 Å². The molecule has 0 spiro atoms. The van der Waals surface area contributed by atoms with E-state index in [0.717, 1.165) is 86.7 Å². The monoisotopic (exact) mass is 1220 g/mol. The number of hydrogen-bond acceptors (Lipinski definition) is 10. The average molecular weight is 1220 g/mol. The van der Waals surface area contributed by atoms with Gasteiger partial charge in [0.2, 0.25) is 0 Å². The molecule has 0 aliphatic carbocycles. The van der Waals surface area contributed by atoms with Crippen LogP contribution in [0.1, 0.15) is 313 Å². The number of nitrogens with zero attached hydrogens (tertiary/aromatic N) is 2. The summed E-state index contributed by atoms with van der Waals surface area (Å²) in [6, 6.07) is 16.6. The molecule has 0 fully saturated rings. The number of phenols is 4. The Morgan fingerprint density at radius 1 is 0.365 bits per heavy atom. The molecule has 4 rings (SSSR count). The number of carbonyl (C=O) groups is 2. The molecule has 0 saturated carbocycles. The zero-order chi connectivity index (χ0) is 62.1. The van der Waals surface area contributed by atoms with Gasteiger partial charge in [0.05, 0.1) is 34.7 Å². The van der Waals surface area contributed by atoms with Gasteiger partial charge in [0.15, 0.2) is 23.0 Å². The smallest absolute Gasteiger partial charge is 0.545 e. The fourth-order valence-corrected chi connectivity index (χ4v) is 11.2. The van der Waals surface area contributed by atoms with Gasteiger partial charge in [-0.1, -0.05) is 222 Å². The second-order valence-electron chi connectivity index (χ2n) is 23.3. The molecular formula is C74H114N2NiO8. The molecule has 10 nitrogen and oxygen atoms in total. The van der Waals surface area contributed by atoms with Crippen molar-refractivity contribution in [3.63, 3.8) is 0 Å². The molecule has 0 heterocycles. The predicted molar refractivity (Wildman–Crippen MR) is 351 cm³/mol. The summed E-state index contributed by atoms with van der Waals surface area (Å²) in [4.78, 5) is 32.5. The molecule has 4 aromatic rings. The second kappa shape index (κ2) is 47.0. The first-order chi connectivity index (χ1) is 40.6. The van der Waals surface area contributed by atoms with Crippen molar-refractivity contribution in [2.75, 3.05) is 0 Å². The van der Waals surface area contributed by atoms with Crippen LogP contribution in [0, 0.1) is 13.8 Å². The molecule has 0 aliphatic heterocycles. The van der Waals surface area contributed by atoms with Gasteiger partial charge in [-0.2, -0.15) is 0 Å². The Kier molecular flexibility index (Phi) is 43.0. The molecular weight excluding hydrogens is 1100 g/mol. The van der Waals surface area contributed by atoms with Crippen molar-refractivity contribution in [1.82, 2.24) is 0 Å². The fourth-order valence-electron chi connectivity index (χ4n) is 11.2. The van der Waals surface area contributed by atoms with Gasteiger partial charge in [-0.15, -0.1) is 0 Å². The number of hydrogen-bond donors (Lipinski definition) is 4. The standard InChI is InChI=1S/C50H84N2.2C12H16O4.Ni/c1-7-13-15-16-17-18-19-20-21-22-23-24-25-26-27-28-29-30-31-32-34-36-50(52-48-40-38-44(10-4)46(12-6)42-48)49(35-33-14-8-2)51-47-39-37-43(9-3)45(11-5)41-47;2*1-3-4-5-8-6-9(13)11(14)10(7(8)2)12(15)16;/h37-42H,7-36H2,1-6H3;2*6,13-14H,3-5H2,1-2H3,(H,15,16);/q;;;+2/p-2. The molecule has 4 aromatic carbocycles. The van der Waals surface area contributed by atoms with E-state index in [9.17, 15) is 40.2 Å². The van der Waals surface area contributed by atoms with Crippen LogP contribution in [0.4, 0.5) is 11.4 Å². The molecule has 0 atom stereocenters. The molecule has 0 unspecified atom stereocenters. The van der Waals surface area contributed by atoms with E-state index in [1.54, 1.807) is 13.8 Å². The summed E-state index contributed by atoms with van der Waals surface area (Å²) in [6.45, 7) is 20.9. The number of carboxylic acid groups (broad SMARTS) is 2. The number of rotatable bonds is 41. The molecule has 0 amide bonds. The molecule has 85 heavy (non-hydrogen) atoms. The molecule has 4 N–H and O–H groups in total. The first-order valence-electron chi connectivity index (χ1n) is 33.5. The molecule has 0 bridgehead atoms. The predicted octanol–water partition coefficient (Wildman–Crippen LogP) is 19.2. The number of aromatic hydroxyl groups is 4. The van der Waals surface area contributed by atoms with Gasteiger partial charge in [-0.05, 0) is 172 Å². The number of aliphatic imine (C=N–C) groups is 2. The Hall–Kier alpha value is -5.15. The third-order valence-electron chi connectivity index (χ3n) is 16.6. The van der Waals surface area contributed by atoms with Gasteiger partial charge in [-0.3, -0.25) is 9.98 Å². The largest absolute Gasteiger partial charge is 2.00 e. The minimum Gasteiger partial charge on any atom is -0.545 e. The average Bonchev–Trinajstić information content (AvgIpc) is 3.66. The van der Waals surface area contributed by atoms with Crippen LogP contribution in [0.25, 0.3) is 0 Å². The van der Waals surface area contributed by atoms with Crippen molar-refractivity contribution in [2.45, 2.75) is 300 Å². The van der Waals surface area contributed by atoms with Gasteiger partial charge in [0, 0.05) is 11.1 Å². The van der Waals surface area contributed by atoms with E-state index in [4.69, 9.17) is 9.98 Å². The summed E-state index contributed by atoms with van der Waals surface area (Å²) in [7, 11) is 0. The number of carboxylic acids is 2. The molecule has 0 aliphatic rings. The van der Waals surface area contributed by atoms with Crippen LogP contribution in [0.5, 0.6) is 23.0 Å². The van der Waals surface area contributed by atoms with Crippen molar-refractivity contribution in [2.24, 2.45) is 9.98 Å². The minimum absolute atomic E-state index is 0. The SMILES string of the molecule is CCCCCCCCCCCCCCCCCCCCCCCC(=Nc1ccc(CC)c(CC)c1)C(CCCCC)=Nc1ccc(CC)c(CC)c1.CCCCc1cc(O)c(O)c(C(=O)[O-])c1C.CCCCc1cc(O)c(O)c(C(=O)[O-])c1C.[Ni+2]. The number of unbranched alkanes of at least 4 members (excludes halogenated alkanes) is 24. The maximum Gasteiger partial charge on any atom is 2.00 e. The van der Waals surface area contributed by atoms with Crippen LogP contribution in [-0.2, 0) is 55.0 Å². The zero-order valence-corrected chi connectivity index (χ0v) is 55.7. The van der Waals surface area contributed by atoms with Gasteiger partial charge in [0.25, 0.3) is 0 Å². The van der Waals surface area contributed by atoms with Crippen molar-refractivity contribution in [3.05, 3.63) is 104 Å². The minimum atomic E-state index is -1.47. The molecule has 0 aromatic heterocycles. The number of aryl methyl sites for hydroxylation is 6. The van der Waals surface area contributed by atoms with Crippen LogP contribution in [0.2, 0.25) is 0 Å². The van der Waals surface area contributed by atoms with E-state index in [0.29, 0.717) is 24.0 Å². The summed E-state index contributed by atoms with van der Waals surface area (Å²) in [5, 5.41) is 59.4. The Morgan fingerprint density at radius 3 is 0.918 bits per heavy atom. The molecule has 11 heteroatoms. The van der Waals surface area contributed by atoms with Gasteiger partial charge < -0.3 is 40.2 Å². The van der Waals surface area contributed by atoms with Gasteiger partial charge in [0.1, 0.15) is 0 Å². The van der Waals surface area contributed by atoms with Gasteiger partial charge in [-0.25, -0.2) is 0 Å². The van der Waals surface area contributed by atoms with Crippen LogP contribution in [-0.4, -0.2) is 43.8 Å². The first-order valence-corrected chi connectivity index (χ1v) is 33.5. The number of benzene rings is 4. The Labute approximate surface area is 526 Å². The summed E-state index contributed by atoms with van der Waals surface area (Å²) < 4.78 is 0. The first kappa shape index (κ1) is 77.9. The van der Waals surface area contributed by atoms with E-state index in [1.807, 2.05) is 13.8 Å². The Morgan fingerprint density at radius 2 is 0.635 bits per heavy atom. The van der Waals surface area contributed by atoms with E-state index < -0.39 is 34.9 Å². The maximum absolute atomic E-state index is 10.8. The van der Waals surface area contributed by atoms with Crippen molar-refractivity contribution in [3.8, 4) is 23.0 Å². The van der Waals surface area contributed by atoms with E-state index in [1.165, 1.54) is 200 Å². The third-order valence-corrected chi connectivity index (χ3v) is 16.6. The van der Waals surface area contributed by atoms with Gasteiger partial charge >= 0.3 is 16.5 Å². The summed E-state index contributed by atoms with van der Waals surface area (Å²) in [5.74, 6) is -4.98. The number of aromatic carboxylic acids is 2. The maximum atomic E-state index is 10.8. The van der Waals surface area contributed by atoms with Crippen LogP contribution >= 0.6 is 0 Å². The number of phenolic OH excluding ortho intramolecular Hbond substituents is 2. The third kappa shape index (κ3) is 29.9. The normalized spacial score (nSPS) is 11.4. The number of carbonyl (C=O) groups excluding carboxylic acids is 2. The van der Waals surface area contributed by atoms with Crippen LogP contribution in [0.15, 0.2) is 58.5 Å². The topological polar surface area (TPSA) is 186 Å². The fraction of sp³-hybridized carbons (Fsp3) is 0.622. The van der Waals surface area contributed by atoms with E-state index in [-0.39, 0.29) is 27.6 Å². The Balaban J connectivity index is 0.000000880. The zero-order valence-electron chi connectivity index (χ0n) is 54.7.